The number of ether oxygens (including phenoxy) is 2. The van der Waals surface area contributed by atoms with Crippen molar-refractivity contribution in [3.05, 3.63) is 12.2 Å². The second kappa shape index (κ2) is 13.2. The van der Waals surface area contributed by atoms with Crippen LogP contribution >= 0.6 is 0 Å². The Balaban J connectivity index is 1.31. The lowest BCUT2D eigenvalue weighted by Crippen LogP contribution is -2.68. The molecule has 5 fully saturated rings. The van der Waals surface area contributed by atoms with Gasteiger partial charge >= 0.3 is 10.4 Å². The van der Waals surface area contributed by atoms with E-state index in [1.165, 1.54) is 0 Å². The molecule has 1 saturated heterocycles. The van der Waals surface area contributed by atoms with Crippen molar-refractivity contribution in [2.45, 2.75) is 128 Å². The average Bonchev–Trinajstić information content (AvgIpc) is 3.24. The molecule has 0 amide bonds. The first kappa shape index (κ1) is 36.6. The van der Waals surface area contributed by atoms with E-state index in [1.807, 2.05) is 26.0 Å². The predicted octanol–water partition coefficient (Wildman–Crippen LogP) is 1.81. The SMILES string of the molecule is CC(C)[C@@H](/C=C/[C@@H](C)[C@H]1C[C@H](O)[C@@H]2[C@]1(C)CC[C@H]1[C@@]3(C)CC[C@H](O[C@@H]4OC[C@H](O)[C@H](O)[C@H]4O)C[C@@H]3[C@H](O)C[C@@]21O)COS(=O)(=O)O. The summed E-state index contributed by atoms with van der Waals surface area (Å²) in [5.41, 5.74) is -2.07. The summed E-state index contributed by atoms with van der Waals surface area (Å²) in [5.74, 6) is -0.854. The monoisotopic (exact) mass is 676 g/mol. The van der Waals surface area contributed by atoms with Crippen molar-refractivity contribution in [3.63, 3.8) is 0 Å². The fourth-order valence-electron chi connectivity index (χ4n) is 10.6. The maximum absolute atomic E-state index is 12.7. The summed E-state index contributed by atoms with van der Waals surface area (Å²) in [4.78, 5) is 0. The Hall–Kier alpha value is -0.710. The largest absolute Gasteiger partial charge is 0.397 e. The number of aliphatic hydroxyl groups excluding tert-OH is 5. The number of fused-ring (bicyclic) bond motifs is 5. The minimum Gasteiger partial charge on any atom is -0.393 e. The molecule has 5 rings (SSSR count). The molecule has 46 heavy (non-hydrogen) atoms. The van der Waals surface area contributed by atoms with E-state index in [0.29, 0.717) is 25.7 Å². The number of hydrogen-bond acceptors (Lipinski definition) is 11. The van der Waals surface area contributed by atoms with Crippen molar-refractivity contribution in [2.24, 2.45) is 52.3 Å². The Morgan fingerprint density at radius 3 is 2.24 bits per heavy atom. The van der Waals surface area contributed by atoms with E-state index in [1.54, 1.807) is 0 Å². The van der Waals surface area contributed by atoms with E-state index in [0.717, 1.165) is 12.8 Å². The van der Waals surface area contributed by atoms with E-state index in [9.17, 15) is 39.1 Å². The van der Waals surface area contributed by atoms with Gasteiger partial charge in [0.15, 0.2) is 6.29 Å². The van der Waals surface area contributed by atoms with Gasteiger partial charge in [-0.3, -0.25) is 4.55 Å². The van der Waals surface area contributed by atoms with Crippen LogP contribution in [0.4, 0.5) is 0 Å². The summed E-state index contributed by atoms with van der Waals surface area (Å²) in [5, 5.41) is 66.2. The Kier molecular flexibility index (Phi) is 10.5. The molecule has 0 aromatic carbocycles. The highest BCUT2D eigenvalue weighted by Crippen LogP contribution is 2.69. The molecule has 0 unspecified atom stereocenters. The highest BCUT2D eigenvalue weighted by molar-refractivity contribution is 7.80. The molecule has 266 valence electrons. The maximum atomic E-state index is 12.7. The molecule has 5 aliphatic rings. The zero-order valence-electron chi connectivity index (χ0n) is 27.7. The minimum absolute atomic E-state index is 0.0122. The lowest BCUT2D eigenvalue weighted by molar-refractivity contribution is -0.300. The van der Waals surface area contributed by atoms with Crippen molar-refractivity contribution in [3.8, 4) is 0 Å². The van der Waals surface area contributed by atoms with E-state index in [-0.39, 0.29) is 61.2 Å². The molecule has 0 radical (unpaired) electrons. The van der Waals surface area contributed by atoms with Crippen LogP contribution in [0.25, 0.3) is 0 Å². The molecule has 16 atom stereocenters. The van der Waals surface area contributed by atoms with Gasteiger partial charge in [-0.2, -0.15) is 8.42 Å². The minimum atomic E-state index is -4.55. The summed E-state index contributed by atoms with van der Waals surface area (Å²) in [6.45, 7) is 9.97. The normalized spacial score (nSPS) is 49.4. The summed E-state index contributed by atoms with van der Waals surface area (Å²) in [6, 6.07) is 0. The zero-order valence-corrected chi connectivity index (χ0v) is 28.5. The van der Waals surface area contributed by atoms with Crippen LogP contribution in [0.3, 0.4) is 0 Å². The maximum Gasteiger partial charge on any atom is 0.397 e. The van der Waals surface area contributed by atoms with Gasteiger partial charge in [0.05, 0.1) is 37.1 Å². The van der Waals surface area contributed by atoms with Crippen molar-refractivity contribution in [1.82, 2.24) is 0 Å². The number of rotatable bonds is 9. The Morgan fingerprint density at radius 1 is 0.913 bits per heavy atom. The summed E-state index contributed by atoms with van der Waals surface area (Å²) in [7, 11) is -4.55. The van der Waals surface area contributed by atoms with Gasteiger partial charge in [-0.15, -0.1) is 0 Å². The van der Waals surface area contributed by atoms with Crippen LogP contribution in [0.5, 0.6) is 0 Å². The van der Waals surface area contributed by atoms with Gasteiger partial charge < -0.3 is 40.1 Å². The van der Waals surface area contributed by atoms with Crippen molar-refractivity contribution >= 4 is 10.4 Å². The molecule has 1 aliphatic heterocycles. The van der Waals surface area contributed by atoms with E-state index in [4.69, 9.17) is 14.0 Å². The first-order chi connectivity index (χ1) is 21.3. The topological polar surface area (TPSA) is 203 Å². The van der Waals surface area contributed by atoms with Crippen LogP contribution in [-0.2, 0) is 24.1 Å². The molecule has 12 nitrogen and oxygen atoms in total. The predicted molar refractivity (Wildman–Crippen MR) is 166 cm³/mol. The number of hydrogen-bond donors (Lipinski definition) is 7. The van der Waals surface area contributed by atoms with Gasteiger partial charge in [-0.05, 0) is 78.9 Å². The molecule has 4 saturated carbocycles. The van der Waals surface area contributed by atoms with Crippen LogP contribution in [0.2, 0.25) is 0 Å². The molecular weight excluding hydrogens is 620 g/mol. The fraction of sp³-hybridized carbons (Fsp3) is 0.939. The van der Waals surface area contributed by atoms with Gasteiger partial charge in [0.1, 0.15) is 18.3 Å². The van der Waals surface area contributed by atoms with Gasteiger partial charge in [-0.25, -0.2) is 4.18 Å². The first-order valence-corrected chi connectivity index (χ1v) is 18.4. The zero-order chi connectivity index (χ0) is 34.0. The number of aliphatic hydroxyl groups is 6. The molecule has 0 aromatic heterocycles. The molecule has 13 heteroatoms. The van der Waals surface area contributed by atoms with E-state index >= 15 is 0 Å². The molecule has 4 aliphatic carbocycles. The van der Waals surface area contributed by atoms with Crippen LogP contribution in [0.15, 0.2) is 12.2 Å². The summed E-state index contributed by atoms with van der Waals surface area (Å²) >= 11 is 0. The first-order valence-electron chi connectivity index (χ1n) is 17.0. The third-order valence-corrected chi connectivity index (χ3v) is 13.5. The van der Waals surface area contributed by atoms with Crippen molar-refractivity contribution < 1.29 is 57.3 Å². The summed E-state index contributed by atoms with van der Waals surface area (Å²) in [6.07, 6.45) is 1.05. The standard InChI is InChI=1S/C33H56O12S/c1-17(2)19(15-44-46(40,41)42)7-6-18(3)21-13-23(34)29-32(21,5)11-9-26-31(4)10-8-20(12-22(31)24(35)14-33(26,29)39)45-30-28(38)27(37)25(36)16-43-30/h6-7,17-30,34-39H,8-16H2,1-5H3,(H,40,41,42)/b7-6+/t18-,19+,20+,21-,22-,23+,24-,25+,26+,27+,28-,29-,30+,31+,32-,33+/m1/s1. The van der Waals surface area contributed by atoms with E-state index < -0.39 is 69.6 Å². The number of allylic oxidation sites excluding steroid dienone is 1. The van der Waals surface area contributed by atoms with Crippen LogP contribution < -0.4 is 0 Å². The van der Waals surface area contributed by atoms with Gasteiger partial charge in [0.2, 0.25) is 0 Å². The highest BCUT2D eigenvalue weighted by Gasteiger charge is 2.70. The van der Waals surface area contributed by atoms with Gasteiger partial charge in [0.25, 0.3) is 0 Å². The Morgan fingerprint density at radius 2 is 1.59 bits per heavy atom. The van der Waals surface area contributed by atoms with Crippen molar-refractivity contribution in [2.75, 3.05) is 13.2 Å². The quantitative estimate of drug-likeness (QED) is 0.106. The lowest BCUT2D eigenvalue weighted by Gasteiger charge is -2.66. The van der Waals surface area contributed by atoms with Gasteiger partial charge in [0, 0.05) is 18.3 Å². The van der Waals surface area contributed by atoms with E-state index in [2.05, 4.69) is 25.0 Å². The Labute approximate surface area is 273 Å². The molecule has 0 bridgehead atoms. The molecular formula is C33H56O12S. The summed E-state index contributed by atoms with van der Waals surface area (Å²) < 4.78 is 47.6. The third kappa shape index (κ3) is 6.60. The molecule has 1 heterocycles. The highest BCUT2D eigenvalue weighted by atomic mass is 32.3. The second-order valence-corrected chi connectivity index (χ2v) is 17.1. The average molecular weight is 677 g/mol. The van der Waals surface area contributed by atoms with Crippen LogP contribution in [0, 0.1) is 52.3 Å². The second-order valence-electron chi connectivity index (χ2n) is 16.0. The molecule has 0 aromatic rings. The fourth-order valence-corrected chi connectivity index (χ4v) is 11.0. The smallest absolute Gasteiger partial charge is 0.393 e. The Bertz CT molecular complexity index is 1210. The third-order valence-electron chi connectivity index (χ3n) is 13.1. The van der Waals surface area contributed by atoms with Crippen molar-refractivity contribution in [1.29, 1.82) is 0 Å². The molecule has 0 spiro atoms. The van der Waals surface area contributed by atoms with Crippen LogP contribution in [-0.4, -0.2) is 105 Å². The van der Waals surface area contributed by atoms with Gasteiger partial charge in [-0.1, -0.05) is 46.8 Å². The van der Waals surface area contributed by atoms with Crippen LogP contribution in [0.1, 0.15) is 79.6 Å². The lowest BCUT2D eigenvalue weighted by atomic mass is 9.42. The molecule has 7 N–H and O–H groups in total.